The van der Waals surface area contributed by atoms with Crippen LogP contribution in [0.3, 0.4) is 0 Å². The van der Waals surface area contributed by atoms with Crippen molar-refractivity contribution >= 4 is 17.8 Å². The average Bonchev–Trinajstić information content (AvgIpc) is 3.20. The lowest BCUT2D eigenvalue weighted by Gasteiger charge is -2.15. The Hall–Kier alpha value is -2.93. The second kappa shape index (κ2) is 44.2. The van der Waals surface area contributed by atoms with Crippen molar-refractivity contribution < 1.29 is 24.2 Å². The molecule has 2 atom stereocenters. The Morgan fingerprint density at radius 2 is 0.965 bits per heavy atom. The first kappa shape index (κ1) is 54.1. The van der Waals surface area contributed by atoms with Crippen molar-refractivity contribution in [3.05, 3.63) is 60.8 Å². The summed E-state index contributed by atoms with van der Waals surface area (Å²) in [5.74, 6) is -1.36. The van der Waals surface area contributed by atoms with Crippen LogP contribution in [0.25, 0.3) is 0 Å². The number of ether oxygens (including phenoxy) is 1. The summed E-state index contributed by atoms with van der Waals surface area (Å²) in [5, 5.41) is 11.9. The zero-order chi connectivity index (χ0) is 41.7. The minimum Gasteiger partial charge on any atom is -0.480 e. The minimum absolute atomic E-state index is 0.112. The molecule has 0 saturated heterocycles. The van der Waals surface area contributed by atoms with E-state index >= 15 is 0 Å². The van der Waals surface area contributed by atoms with E-state index in [1.165, 1.54) is 109 Å². The number of nitrogens with one attached hydrogen (secondary N) is 1. The zero-order valence-corrected chi connectivity index (χ0v) is 36.9. The fraction of sp³-hybridized carbons (Fsp3) is 0.740. The number of nitrogens with two attached hydrogens (primary N) is 1. The van der Waals surface area contributed by atoms with E-state index in [-0.39, 0.29) is 18.0 Å². The fourth-order valence-electron chi connectivity index (χ4n) is 6.70. The van der Waals surface area contributed by atoms with Gasteiger partial charge in [-0.2, -0.15) is 0 Å². The number of unbranched alkanes of at least 4 members (excludes halogenated alkanes) is 20. The highest BCUT2D eigenvalue weighted by Crippen LogP contribution is 2.15. The van der Waals surface area contributed by atoms with Crippen molar-refractivity contribution in [3.63, 3.8) is 0 Å². The molecule has 7 nitrogen and oxygen atoms in total. The summed E-state index contributed by atoms with van der Waals surface area (Å²) >= 11 is 0. The van der Waals surface area contributed by atoms with Crippen molar-refractivity contribution in [2.45, 2.75) is 231 Å². The van der Waals surface area contributed by atoms with Crippen LogP contribution in [0.4, 0.5) is 0 Å². The second-order valence-electron chi connectivity index (χ2n) is 15.8. The van der Waals surface area contributed by atoms with Crippen LogP contribution < -0.4 is 11.1 Å². The van der Waals surface area contributed by atoms with Crippen molar-refractivity contribution in [1.82, 2.24) is 5.32 Å². The molecule has 0 aromatic rings. The number of carboxylic acids is 1. The minimum atomic E-state index is -1.02. The van der Waals surface area contributed by atoms with E-state index < -0.39 is 12.0 Å². The first-order chi connectivity index (χ1) is 27.9. The molecule has 0 aliphatic carbocycles. The molecule has 0 aliphatic heterocycles. The van der Waals surface area contributed by atoms with Crippen LogP contribution in [0.5, 0.6) is 0 Å². The number of aliphatic carboxylic acids is 1. The highest BCUT2D eigenvalue weighted by Gasteiger charge is 2.19. The van der Waals surface area contributed by atoms with Crippen LogP contribution in [0.1, 0.15) is 219 Å². The van der Waals surface area contributed by atoms with Gasteiger partial charge in [0, 0.05) is 12.8 Å². The first-order valence-corrected chi connectivity index (χ1v) is 23.6. The average molecular weight is 797 g/mol. The van der Waals surface area contributed by atoms with Gasteiger partial charge in [-0.3, -0.25) is 9.59 Å². The molecule has 7 heteroatoms. The predicted molar refractivity (Wildman–Crippen MR) is 243 cm³/mol. The number of amides is 1. The molecule has 328 valence electrons. The van der Waals surface area contributed by atoms with E-state index in [1.807, 2.05) is 6.08 Å². The van der Waals surface area contributed by atoms with E-state index in [2.05, 4.69) is 73.8 Å². The van der Waals surface area contributed by atoms with E-state index in [4.69, 9.17) is 10.5 Å². The fourth-order valence-corrected chi connectivity index (χ4v) is 6.70. The third-order valence-corrected chi connectivity index (χ3v) is 10.3. The number of esters is 1. The SMILES string of the molecule is CCCCCC/C=C\C/C=C\C(CCCCCCC(=O)NC(CCCN)C(=O)O)OC(=O)CCCCCCCCCC/C=C\C/C=C\C/C=C\CCCCCCC. The Morgan fingerprint density at radius 1 is 0.526 bits per heavy atom. The van der Waals surface area contributed by atoms with Crippen molar-refractivity contribution in [2.24, 2.45) is 5.73 Å². The van der Waals surface area contributed by atoms with Gasteiger partial charge < -0.3 is 20.9 Å². The van der Waals surface area contributed by atoms with Gasteiger partial charge in [0.25, 0.3) is 0 Å². The summed E-state index contributed by atoms with van der Waals surface area (Å²) in [6, 6.07) is -0.877. The molecule has 4 N–H and O–H groups in total. The maximum atomic E-state index is 12.8. The normalized spacial score (nSPS) is 13.2. The van der Waals surface area contributed by atoms with Gasteiger partial charge in [-0.15, -0.1) is 0 Å². The number of carbonyl (C=O) groups excluding carboxylic acids is 2. The zero-order valence-electron chi connectivity index (χ0n) is 36.9. The summed E-state index contributed by atoms with van der Waals surface area (Å²) in [6.07, 6.45) is 55.8. The van der Waals surface area contributed by atoms with Crippen molar-refractivity contribution in [2.75, 3.05) is 6.54 Å². The van der Waals surface area contributed by atoms with Crippen LogP contribution >= 0.6 is 0 Å². The molecule has 0 bridgehead atoms. The topological polar surface area (TPSA) is 119 Å². The van der Waals surface area contributed by atoms with E-state index in [1.54, 1.807) is 0 Å². The second-order valence-corrected chi connectivity index (χ2v) is 15.8. The predicted octanol–water partition coefficient (Wildman–Crippen LogP) is 13.7. The van der Waals surface area contributed by atoms with Gasteiger partial charge in [0.2, 0.25) is 5.91 Å². The van der Waals surface area contributed by atoms with Crippen molar-refractivity contribution in [1.29, 1.82) is 0 Å². The van der Waals surface area contributed by atoms with Gasteiger partial charge in [0.15, 0.2) is 0 Å². The summed E-state index contributed by atoms with van der Waals surface area (Å²) in [4.78, 5) is 36.4. The molecular formula is C50H88N2O5. The molecule has 0 spiro atoms. The van der Waals surface area contributed by atoms with Gasteiger partial charge in [-0.1, -0.05) is 165 Å². The Labute approximate surface area is 350 Å². The van der Waals surface area contributed by atoms with Crippen LogP contribution in [0.15, 0.2) is 60.8 Å². The molecule has 0 aromatic heterocycles. The molecule has 0 saturated carbocycles. The molecular weight excluding hydrogens is 709 g/mol. The van der Waals surface area contributed by atoms with Gasteiger partial charge in [0.05, 0.1) is 0 Å². The Morgan fingerprint density at radius 3 is 1.49 bits per heavy atom. The molecule has 2 unspecified atom stereocenters. The van der Waals surface area contributed by atoms with Crippen LogP contribution in [0, 0.1) is 0 Å². The highest BCUT2D eigenvalue weighted by atomic mass is 16.5. The lowest BCUT2D eigenvalue weighted by molar-refractivity contribution is -0.147. The number of allylic oxidation sites excluding steroid dienone is 9. The molecule has 1 amide bonds. The maximum absolute atomic E-state index is 12.8. The highest BCUT2D eigenvalue weighted by molar-refractivity contribution is 5.83. The molecule has 0 radical (unpaired) electrons. The third-order valence-electron chi connectivity index (χ3n) is 10.3. The first-order valence-electron chi connectivity index (χ1n) is 23.6. The summed E-state index contributed by atoms with van der Waals surface area (Å²) in [7, 11) is 0. The largest absolute Gasteiger partial charge is 0.480 e. The lowest BCUT2D eigenvalue weighted by Crippen LogP contribution is -2.40. The number of carbonyl (C=O) groups is 3. The van der Waals surface area contributed by atoms with Crippen LogP contribution in [-0.2, 0) is 19.1 Å². The monoisotopic (exact) mass is 797 g/mol. The summed E-state index contributed by atoms with van der Waals surface area (Å²) in [5.41, 5.74) is 5.49. The molecule has 57 heavy (non-hydrogen) atoms. The van der Waals surface area contributed by atoms with Crippen LogP contribution in [-0.4, -0.2) is 41.6 Å². The lowest BCUT2D eigenvalue weighted by atomic mass is 10.1. The molecule has 0 aliphatic rings. The smallest absolute Gasteiger partial charge is 0.326 e. The maximum Gasteiger partial charge on any atom is 0.326 e. The molecule has 0 heterocycles. The standard InChI is InChI=1S/C50H88N2O5/c1-3-5-7-9-11-13-14-15-16-17-18-19-20-21-22-23-24-25-26-28-30-32-38-44-49(54)57-46(40-35-31-29-27-12-10-8-6-4-2)41-36-33-34-37-43-48(53)52-47(50(55)56)42-39-45-51/h14-15,17-18,20-21,27,29,35,40,46-47H,3-13,16,19,22-26,28,30-34,36-39,41-45,51H2,1-2H3,(H,52,53)(H,55,56)/b15-14-,18-17-,21-20-,29-27-,40-35-. The van der Waals surface area contributed by atoms with Crippen molar-refractivity contribution in [3.8, 4) is 0 Å². The van der Waals surface area contributed by atoms with Crippen LogP contribution in [0.2, 0.25) is 0 Å². The van der Waals surface area contributed by atoms with E-state index in [9.17, 15) is 19.5 Å². The molecule has 0 aromatic carbocycles. The Bertz CT molecular complexity index is 1080. The van der Waals surface area contributed by atoms with E-state index in [0.717, 1.165) is 64.2 Å². The quantitative estimate of drug-likeness (QED) is 0.0321. The van der Waals surface area contributed by atoms with Gasteiger partial charge in [-0.25, -0.2) is 4.79 Å². The molecule has 0 rings (SSSR count). The summed E-state index contributed by atoms with van der Waals surface area (Å²) < 4.78 is 5.92. The number of rotatable bonds is 42. The Kier molecular flexibility index (Phi) is 41.9. The van der Waals surface area contributed by atoms with Gasteiger partial charge >= 0.3 is 11.9 Å². The number of carboxylic acid groups (broad SMARTS) is 1. The summed E-state index contributed by atoms with van der Waals surface area (Å²) in [6.45, 7) is 4.89. The van der Waals surface area contributed by atoms with Gasteiger partial charge in [0.1, 0.15) is 12.1 Å². The van der Waals surface area contributed by atoms with Gasteiger partial charge in [-0.05, 0) is 109 Å². The molecule has 0 fully saturated rings. The third kappa shape index (κ3) is 41.0. The van der Waals surface area contributed by atoms with E-state index in [0.29, 0.717) is 38.6 Å². The number of hydrogen-bond acceptors (Lipinski definition) is 5. The Balaban J connectivity index is 4.22. The number of hydrogen-bond donors (Lipinski definition) is 3.